The van der Waals surface area contributed by atoms with Crippen molar-refractivity contribution >= 4 is 11.8 Å². The van der Waals surface area contributed by atoms with E-state index < -0.39 is 11.8 Å². The van der Waals surface area contributed by atoms with Gasteiger partial charge >= 0.3 is 0 Å². The molecule has 9 heteroatoms. The van der Waals surface area contributed by atoms with Crippen molar-refractivity contribution in [2.24, 2.45) is 0 Å². The van der Waals surface area contributed by atoms with Crippen molar-refractivity contribution in [2.75, 3.05) is 35.0 Å². The van der Waals surface area contributed by atoms with Crippen LogP contribution in [-0.4, -0.2) is 46.9 Å². The number of hydrogen-bond donors (Lipinski definition) is 2. The summed E-state index contributed by atoms with van der Waals surface area (Å²) in [5.74, 6) is 0.581. The molecule has 2 aromatic rings. The predicted octanol–water partition coefficient (Wildman–Crippen LogP) is 2.33. The van der Waals surface area contributed by atoms with Crippen LogP contribution in [0.2, 0.25) is 0 Å². The molecular formula is C21H26N2O7. The monoisotopic (exact) mass is 418 g/mol. The Hall–Kier alpha value is -3.46. The van der Waals surface area contributed by atoms with Crippen molar-refractivity contribution < 1.29 is 33.3 Å². The van der Waals surface area contributed by atoms with E-state index in [2.05, 4.69) is 10.9 Å². The fraction of sp³-hybridized carbons (Fsp3) is 0.333. The molecule has 0 radical (unpaired) electrons. The van der Waals surface area contributed by atoms with Gasteiger partial charge in [-0.1, -0.05) is 0 Å². The van der Waals surface area contributed by atoms with Gasteiger partial charge < -0.3 is 23.7 Å². The molecule has 0 fully saturated rings. The standard InChI is InChI=1S/C21H26N2O7/c1-6-30-12-15-9-13(7-8-16(15)26-2)20(24)22-23-21(25)14-10-17(27-3)19(29-5)18(11-14)28-4/h7-11H,6,12H2,1-5H3,(H,22,24)(H,23,25). The predicted molar refractivity (Wildman–Crippen MR) is 109 cm³/mol. The summed E-state index contributed by atoms with van der Waals surface area (Å²) in [6, 6.07) is 7.88. The van der Waals surface area contributed by atoms with Crippen LogP contribution < -0.4 is 29.8 Å². The normalized spacial score (nSPS) is 10.2. The van der Waals surface area contributed by atoms with E-state index in [1.54, 1.807) is 25.3 Å². The maximum absolute atomic E-state index is 12.5. The number of ether oxygens (including phenoxy) is 5. The SMILES string of the molecule is CCOCc1cc(C(=O)NNC(=O)c2cc(OC)c(OC)c(OC)c2)ccc1OC. The highest BCUT2D eigenvalue weighted by atomic mass is 16.5. The molecule has 9 nitrogen and oxygen atoms in total. The lowest BCUT2D eigenvalue weighted by Crippen LogP contribution is -2.41. The molecule has 2 N–H and O–H groups in total. The van der Waals surface area contributed by atoms with Crippen molar-refractivity contribution in [3.8, 4) is 23.0 Å². The summed E-state index contributed by atoms with van der Waals surface area (Å²) in [5.41, 5.74) is 6.05. The number of hydrogen-bond acceptors (Lipinski definition) is 7. The maximum atomic E-state index is 12.5. The van der Waals surface area contributed by atoms with Gasteiger partial charge in [0.05, 0.1) is 35.0 Å². The quantitative estimate of drug-likeness (QED) is 0.602. The van der Waals surface area contributed by atoms with Gasteiger partial charge in [0.2, 0.25) is 5.75 Å². The van der Waals surface area contributed by atoms with Crippen LogP contribution >= 0.6 is 0 Å². The summed E-state index contributed by atoms with van der Waals surface area (Å²) < 4.78 is 26.4. The van der Waals surface area contributed by atoms with E-state index >= 15 is 0 Å². The minimum Gasteiger partial charge on any atom is -0.496 e. The molecule has 0 spiro atoms. The van der Waals surface area contributed by atoms with Gasteiger partial charge in [-0.3, -0.25) is 20.4 Å². The van der Waals surface area contributed by atoms with E-state index in [0.717, 1.165) is 5.56 Å². The van der Waals surface area contributed by atoms with Gasteiger partial charge in [0, 0.05) is 23.3 Å². The number of benzene rings is 2. The Morgan fingerprint density at radius 1 is 0.767 bits per heavy atom. The largest absolute Gasteiger partial charge is 0.496 e. The van der Waals surface area contributed by atoms with Crippen molar-refractivity contribution in [2.45, 2.75) is 13.5 Å². The van der Waals surface area contributed by atoms with Crippen LogP contribution in [0.25, 0.3) is 0 Å². The summed E-state index contributed by atoms with van der Waals surface area (Å²) in [7, 11) is 5.91. The zero-order chi connectivity index (χ0) is 22.1. The van der Waals surface area contributed by atoms with E-state index in [-0.39, 0.29) is 5.56 Å². The van der Waals surface area contributed by atoms with Crippen molar-refractivity contribution in [1.82, 2.24) is 10.9 Å². The first-order valence-corrected chi connectivity index (χ1v) is 9.14. The second-order valence-electron chi connectivity index (χ2n) is 5.99. The number of nitrogens with one attached hydrogen (secondary N) is 2. The van der Waals surface area contributed by atoms with Gasteiger partial charge in [-0.25, -0.2) is 0 Å². The lowest BCUT2D eigenvalue weighted by molar-refractivity contribution is 0.0846. The fourth-order valence-electron chi connectivity index (χ4n) is 2.71. The first kappa shape index (κ1) is 22.8. The number of hydrazine groups is 1. The van der Waals surface area contributed by atoms with Gasteiger partial charge in [-0.05, 0) is 37.3 Å². The van der Waals surface area contributed by atoms with Gasteiger partial charge in [0.1, 0.15) is 5.75 Å². The summed E-state index contributed by atoms with van der Waals surface area (Å²) >= 11 is 0. The second-order valence-corrected chi connectivity index (χ2v) is 5.99. The third kappa shape index (κ3) is 5.32. The lowest BCUT2D eigenvalue weighted by Gasteiger charge is -2.14. The van der Waals surface area contributed by atoms with Gasteiger partial charge in [-0.15, -0.1) is 0 Å². The van der Waals surface area contributed by atoms with E-state index in [1.165, 1.54) is 33.5 Å². The molecule has 2 rings (SSSR count). The third-order valence-corrected chi connectivity index (χ3v) is 4.22. The van der Waals surface area contributed by atoms with E-state index in [9.17, 15) is 9.59 Å². The topological polar surface area (TPSA) is 104 Å². The molecular weight excluding hydrogens is 392 g/mol. The highest BCUT2D eigenvalue weighted by Crippen LogP contribution is 2.38. The lowest BCUT2D eigenvalue weighted by atomic mass is 10.1. The second kappa shape index (κ2) is 10.9. The number of rotatable bonds is 9. The summed E-state index contributed by atoms with van der Waals surface area (Å²) in [6.45, 7) is 2.71. The molecule has 0 saturated heterocycles. The molecule has 0 unspecified atom stereocenters. The first-order chi connectivity index (χ1) is 14.5. The Labute approximate surface area is 175 Å². The molecule has 162 valence electrons. The first-order valence-electron chi connectivity index (χ1n) is 9.14. The average molecular weight is 418 g/mol. The Morgan fingerprint density at radius 2 is 1.33 bits per heavy atom. The smallest absolute Gasteiger partial charge is 0.269 e. The van der Waals surface area contributed by atoms with Crippen LogP contribution in [0.4, 0.5) is 0 Å². The molecule has 0 heterocycles. The fourth-order valence-corrected chi connectivity index (χ4v) is 2.71. The highest BCUT2D eigenvalue weighted by Gasteiger charge is 2.18. The molecule has 0 saturated carbocycles. The zero-order valence-corrected chi connectivity index (χ0v) is 17.7. The molecule has 0 aliphatic rings. The maximum Gasteiger partial charge on any atom is 0.269 e. The number of amides is 2. The van der Waals surface area contributed by atoms with Crippen LogP contribution in [0, 0.1) is 0 Å². The van der Waals surface area contributed by atoms with Gasteiger partial charge in [0.25, 0.3) is 11.8 Å². The van der Waals surface area contributed by atoms with E-state index in [0.29, 0.717) is 41.8 Å². The Morgan fingerprint density at radius 3 is 1.83 bits per heavy atom. The molecule has 0 atom stereocenters. The third-order valence-electron chi connectivity index (χ3n) is 4.22. The molecule has 0 aliphatic heterocycles. The highest BCUT2D eigenvalue weighted by molar-refractivity contribution is 5.99. The Bertz CT molecular complexity index is 874. The summed E-state index contributed by atoms with van der Waals surface area (Å²) in [5, 5.41) is 0. The van der Waals surface area contributed by atoms with Crippen molar-refractivity contribution in [3.63, 3.8) is 0 Å². The van der Waals surface area contributed by atoms with Crippen molar-refractivity contribution in [1.29, 1.82) is 0 Å². The van der Waals surface area contributed by atoms with Crippen LogP contribution in [0.1, 0.15) is 33.2 Å². The Balaban J connectivity index is 2.13. The van der Waals surface area contributed by atoms with Crippen LogP contribution in [0.15, 0.2) is 30.3 Å². The minimum absolute atomic E-state index is 0.219. The van der Waals surface area contributed by atoms with Crippen LogP contribution in [0.3, 0.4) is 0 Å². The summed E-state index contributed by atoms with van der Waals surface area (Å²) in [6.07, 6.45) is 0. The molecule has 0 aromatic heterocycles. The molecule has 2 amide bonds. The minimum atomic E-state index is -0.550. The molecule has 0 bridgehead atoms. The average Bonchev–Trinajstić information content (AvgIpc) is 2.79. The molecule has 0 aliphatic carbocycles. The number of carbonyl (C=O) groups excluding carboxylic acids is 2. The van der Waals surface area contributed by atoms with Gasteiger partial charge in [0.15, 0.2) is 11.5 Å². The number of methoxy groups -OCH3 is 4. The van der Waals surface area contributed by atoms with Crippen LogP contribution in [0.5, 0.6) is 23.0 Å². The van der Waals surface area contributed by atoms with Crippen LogP contribution in [-0.2, 0) is 11.3 Å². The van der Waals surface area contributed by atoms with E-state index in [1.807, 2.05) is 6.92 Å². The zero-order valence-electron chi connectivity index (χ0n) is 17.7. The molecule has 30 heavy (non-hydrogen) atoms. The van der Waals surface area contributed by atoms with E-state index in [4.69, 9.17) is 23.7 Å². The number of carbonyl (C=O) groups is 2. The molecule has 2 aromatic carbocycles. The van der Waals surface area contributed by atoms with Crippen molar-refractivity contribution in [3.05, 3.63) is 47.0 Å². The summed E-state index contributed by atoms with van der Waals surface area (Å²) in [4.78, 5) is 25.0. The Kier molecular flexibility index (Phi) is 8.30. The van der Waals surface area contributed by atoms with Gasteiger partial charge in [-0.2, -0.15) is 0 Å².